The molecule has 2 heterocycles. The molecule has 1 atom stereocenters. The molecule has 5 heteroatoms. The zero-order valence-electron chi connectivity index (χ0n) is 11.1. The highest BCUT2D eigenvalue weighted by Gasteiger charge is 2.31. The molecule has 4 rings (SSSR count). The van der Waals surface area contributed by atoms with E-state index in [4.69, 9.17) is 4.52 Å². The van der Waals surface area contributed by atoms with Crippen molar-refractivity contribution in [2.45, 2.75) is 18.8 Å². The number of benzene rings is 2. The highest BCUT2D eigenvalue weighted by atomic mass is 16.5. The molecular weight excluding hydrogens is 268 g/mol. The van der Waals surface area contributed by atoms with E-state index in [9.17, 15) is 9.59 Å². The lowest BCUT2D eigenvalue weighted by Gasteiger charge is -2.18. The number of rotatable bonds is 1. The van der Waals surface area contributed by atoms with Gasteiger partial charge in [-0.05, 0) is 29.3 Å². The maximum atomic E-state index is 12.0. The summed E-state index contributed by atoms with van der Waals surface area (Å²) in [5.74, 6) is -0.950. The number of fused-ring (bicyclic) bond motifs is 2. The number of aromatic nitrogens is 1. The van der Waals surface area contributed by atoms with E-state index in [1.54, 1.807) is 0 Å². The van der Waals surface area contributed by atoms with Crippen molar-refractivity contribution >= 4 is 33.6 Å². The molecule has 0 saturated carbocycles. The number of carbonyl (C=O) groups is 2. The van der Waals surface area contributed by atoms with Crippen LogP contribution in [0.15, 0.2) is 40.9 Å². The molecule has 104 valence electrons. The molecule has 0 spiro atoms. The number of nitrogens with one attached hydrogen (secondary N) is 1. The molecule has 1 N–H and O–H groups in total. The summed E-state index contributed by atoms with van der Waals surface area (Å²) in [5, 5.41) is 9.40. The number of nitrogens with zero attached hydrogens (tertiary/aromatic N) is 1. The summed E-state index contributed by atoms with van der Waals surface area (Å²) in [6.07, 6.45) is 0.803. The summed E-state index contributed by atoms with van der Waals surface area (Å²) in [6, 6.07) is 11.9. The molecule has 1 fully saturated rings. The standard InChI is InChI=1S/C16H12N2O3/c19-14-6-5-11(16(20)17-14)15-12-7-9-3-1-2-4-10(9)8-13(12)21-18-15/h1-4,7-8,11H,5-6H2,(H,17,19,20)/t11-/m1/s1. The molecule has 3 aromatic rings. The molecule has 0 unspecified atom stereocenters. The number of amides is 2. The Bertz CT molecular complexity index is 881. The van der Waals surface area contributed by atoms with Crippen LogP contribution in [0.4, 0.5) is 0 Å². The Morgan fingerprint density at radius 2 is 1.90 bits per heavy atom. The van der Waals surface area contributed by atoms with E-state index in [2.05, 4.69) is 10.5 Å². The summed E-state index contributed by atoms with van der Waals surface area (Å²) < 4.78 is 5.37. The highest BCUT2D eigenvalue weighted by Crippen LogP contribution is 2.32. The molecule has 21 heavy (non-hydrogen) atoms. The van der Waals surface area contributed by atoms with Crippen molar-refractivity contribution in [3.05, 3.63) is 42.1 Å². The third kappa shape index (κ3) is 1.89. The first-order valence-electron chi connectivity index (χ1n) is 6.84. The summed E-state index contributed by atoms with van der Waals surface area (Å²) >= 11 is 0. The lowest BCUT2D eigenvalue weighted by Crippen LogP contribution is -2.39. The van der Waals surface area contributed by atoms with E-state index in [1.807, 2.05) is 36.4 Å². The van der Waals surface area contributed by atoms with Crippen LogP contribution in [-0.4, -0.2) is 17.0 Å². The molecule has 0 radical (unpaired) electrons. The molecule has 2 aromatic carbocycles. The van der Waals surface area contributed by atoms with Crippen LogP contribution in [-0.2, 0) is 9.59 Å². The topological polar surface area (TPSA) is 72.2 Å². The zero-order valence-corrected chi connectivity index (χ0v) is 11.1. The Morgan fingerprint density at radius 3 is 2.67 bits per heavy atom. The molecule has 0 aliphatic carbocycles. The van der Waals surface area contributed by atoms with E-state index in [-0.39, 0.29) is 11.8 Å². The molecule has 0 bridgehead atoms. The monoisotopic (exact) mass is 280 g/mol. The molecule has 1 saturated heterocycles. The Balaban J connectivity index is 1.87. The van der Waals surface area contributed by atoms with Gasteiger partial charge in [-0.2, -0.15) is 0 Å². The second-order valence-electron chi connectivity index (χ2n) is 5.27. The van der Waals surface area contributed by atoms with Gasteiger partial charge in [-0.1, -0.05) is 29.4 Å². The van der Waals surface area contributed by atoms with Gasteiger partial charge in [-0.15, -0.1) is 0 Å². The number of hydrogen-bond donors (Lipinski definition) is 1. The number of hydrogen-bond acceptors (Lipinski definition) is 4. The Kier molecular flexibility index (Phi) is 2.54. The molecular formula is C16H12N2O3. The predicted octanol–water partition coefficient (Wildman–Crippen LogP) is 2.50. The van der Waals surface area contributed by atoms with Crippen molar-refractivity contribution < 1.29 is 14.1 Å². The van der Waals surface area contributed by atoms with Gasteiger partial charge in [0.05, 0.1) is 5.92 Å². The van der Waals surface area contributed by atoms with Gasteiger partial charge in [0.15, 0.2) is 5.58 Å². The van der Waals surface area contributed by atoms with Crippen LogP contribution in [0.3, 0.4) is 0 Å². The van der Waals surface area contributed by atoms with E-state index in [0.29, 0.717) is 24.1 Å². The fraction of sp³-hybridized carbons (Fsp3) is 0.188. The van der Waals surface area contributed by atoms with Crippen molar-refractivity contribution in [1.82, 2.24) is 10.5 Å². The summed E-state index contributed by atoms with van der Waals surface area (Å²) in [5.41, 5.74) is 1.27. The van der Waals surface area contributed by atoms with Crippen LogP contribution in [0.1, 0.15) is 24.5 Å². The molecule has 1 aliphatic heterocycles. The zero-order chi connectivity index (χ0) is 14.4. The van der Waals surface area contributed by atoms with Gasteiger partial charge in [0.25, 0.3) is 0 Å². The SMILES string of the molecule is O=C1CC[C@H](c2noc3cc4ccccc4cc23)C(=O)N1. The second kappa shape index (κ2) is 4.41. The molecule has 1 aliphatic rings. The Hall–Kier alpha value is -2.69. The average Bonchev–Trinajstić information content (AvgIpc) is 2.88. The van der Waals surface area contributed by atoms with E-state index >= 15 is 0 Å². The van der Waals surface area contributed by atoms with Crippen molar-refractivity contribution in [2.24, 2.45) is 0 Å². The van der Waals surface area contributed by atoms with Crippen molar-refractivity contribution in [1.29, 1.82) is 0 Å². The normalized spacial score (nSPS) is 19.1. The fourth-order valence-corrected chi connectivity index (χ4v) is 2.85. The van der Waals surface area contributed by atoms with Gasteiger partial charge in [0, 0.05) is 11.8 Å². The first-order valence-corrected chi connectivity index (χ1v) is 6.84. The smallest absolute Gasteiger partial charge is 0.235 e. The summed E-state index contributed by atoms with van der Waals surface area (Å²) in [4.78, 5) is 23.2. The Morgan fingerprint density at radius 1 is 1.14 bits per heavy atom. The van der Waals surface area contributed by atoms with Gasteiger partial charge in [0.2, 0.25) is 11.8 Å². The Labute approximate surface area is 119 Å². The van der Waals surface area contributed by atoms with Crippen LogP contribution < -0.4 is 5.32 Å². The van der Waals surface area contributed by atoms with Gasteiger partial charge < -0.3 is 4.52 Å². The lowest BCUT2D eigenvalue weighted by atomic mass is 9.92. The number of imide groups is 1. The summed E-state index contributed by atoms with van der Waals surface area (Å²) in [6.45, 7) is 0. The fourth-order valence-electron chi connectivity index (χ4n) is 2.85. The third-order valence-corrected chi connectivity index (χ3v) is 3.94. The van der Waals surface area contributed by atoms with E-state index in [1.165, 1.54) is 0 Å². The largest absolute Gasteiger partial charge is 0.356 e. The minimum Gasteiger partial charge on any atom is -0.356 e. The summed E-state index contributed by atoms with van der Waals surface area (Å²) in [7, 11) is 0. The maximum absolute atomic E-state index is 12.0. The van der Waals surface area contributed by atoms with Gasteiger partial charge in [-0.25, -0.2) is 0 Å². The maximum Gasteiger partial charge on any atom is 0.235 e. The lowest BCUT2D eigenvalue weighted by molar-refractivity contribution is -0.134. The predicted molar refractivity (Wildman–Crippen MR) is 76.6 cm³/mol. The van der Waals surface area contributed by atoms with E-state index < -0.39 is 5.92 Å². The van der Waals surface area contributed by atoms with Gasteiger partial charge >= 0.3 is 0 Å². The van der Waals surface area contributed by atoms with Crippen molar-refractivity contribution in [3.63, 3.8) is 0 Å². The van der Waals surface area contributed by atoms with Crippen molar-refractivity contribution in [3.8, 4) is 0 Å². The van der Waals surface area contributed by atoms with Crippen LogP contribution in [0.25, 0.3) is 21.7 Å². The van der Waals surface area contributed by atoms with Gasteiger partial charge in [-0.3, -0.25) is 14.9 Å². The third-order valence-electron chi connectivity index (χ3n) is 3.94. The van der Waals surface area contributed by atoms with Crippen LogP contribution >= 0.6 is 0 Å². The minimum atomic E-state index is -0.426. The minimum absolute atomic E-state index is 0.227. The van der Waals surface area contributed by atoms with Gasteiger partial charge in [0.1, 0.15) is 5.69 Å². The molecule has 5 nitrogen and oxygen atoms in total. The number of carbonyl (C=O) groups excluding carboxylic acids is 2. The van der Waals surface area contributed by atoms with Crippen molar-refractivity contribution in [2.75, 3.05) is 0 Å². The first-order chi connectivity index (χ1) is 10.2. The van der Waals surface area contributed by atoms with E-state index in [0.717, 1.165) is 16.2 Å². The first kappa shape index (κ1) is 12.1. The average molecular weight is 280 g/mol. The highest BCUT2D eigenvalue weighted by molar-refractivity contribution is 6.03. The molecule has 1 aromatic heterocycles. The van der Waals surface area contributed by atoms with Crippen LogP contribution in [0.5, 0.6) is 0 Å². The number of piperidine rings is 1. The van der Waals surface area contributed by atoms with Crippen LogP contribution in [0.2, 0.25) is 0 Å². The molecule has 2 amide bonds. The van der Waals surface area contributed by atoms with Crippen LogP contribution in [0, 0.1) is 0 Å². The quantitative estimate of drug-likeness (QED) is 0.695. The second-order valence-corrected chi connectivity index (χ2v) is 5.27.